The molecule has 87 valence electrons. The topological polar surface area (TPSA) is 55.4 Å². The summed E-state index contributed by atoms with van der Waals surface area (Å²) in [5.74, 6) is -1.31. The number of hydrogen-bond acceptors (Lipinski definition) is 3. The molecule has 0 amide bonds. The van der Waals surface area contributed by atoms with E-state index in [2.05, 4.69) is 25.7 Å². The summed E-state index contributed by atoms with van der Waals surface area (Å²) in [4.78, 5) is 19.8. The second kappa shape index (κ2) is 5.16. The van der Waals surface area contributed by atoms with E-state index < -0.39 is 11.6 Å². The highest BCUT2D eigenvalue weighted by molar-refractivity contribution is 5.78. The third-order valence-electron chi connectivity index (χ3n) is 1.49. The zero-order chi connectivity index (χ0) is 12.1. The van der Waals surface area contributed by atoms with Gasteiger partial charge in [0, 0.05) is 0 Å². The van der Waals surface area contributed by atoms with Crippen molar-refractivity contribution in [3.8, 4) is 0 Å². The van der Waals surface area contributed by atoms with Crippen molar-refractivity contribution in [3.05, 3.63) is 12.3 Å². The van der Waals surface area contributed by atoms with Crippen LogP contribution in [0.15, 0.2) is 12.3 Å². The van der Waals surface area contributed by atoms with Gasteiger partial charge in [0.2, 0.25) is 0 Å². The van der Waals surface area contributed by atoms with Gasteiger partial charge in [0.1, 0.15) is 11.9 Å². The lowest BCUT2D eigenvalue weighted by Crippen LogP contribution is -2.29. The van der Waals surface area contributed by atoms with Gasteiger partial charge in [-0.25, -0.2) is 9.90 Å². The molecule has 1 radical (unpaired) electrons. The first-order valence-electron chi connectivity index (χ1n) is 4.84. The van der Waals surface area contributed by atoms with E-state index in [9.17, 15) is 9.90 Å². The van der Waals surface area contributed by atoms with Gasteiger partial charge in [-0.3, -0.25) is 0 Å². The van der Waals surface area contributed by atoms with Gasteiger partial charge in [-0.05, 0) is 25.7 Å². The maximum absolute atomic E-state index is 10.0. The lowest BCUT2D eigenvalue weighted by molar-refractivity contribution is -0.321. The second-order valence-corrected chi connectivity index (χ2v) is 5.30. The molecule has 0 saturated carbocycles. The minimum absolute atomic E-state index is 0.116. The van der Waals surface area contributed by atoms with E-state index in [0.29, 0.717) is 0 Å². The van der Waals surface area contributed by atoms with Crippen molar-refractivity contribution in [3.63, 3.8) is 0 Å². The van der Waals surface area contributed by atoms with Crippen LogP contribution in [0.4, 0.5) is 0 Å². The molecule has 0 rings (SSSR count). The summed E-state index contributed by atoms with van der Waals surface area (Å²) < 4.78 is 0. The highest BCUT2D eigenvalue weighted by Gasteiger charge is 2.27. The van der Waals surface area contributed by atoms with Gasteiger partial charge >= 0.3 is 5.97 Å². The van der Waals surface area contributed by atoms with E-state index in [4.69, 9.17) is 4.89 Å². The highest BCUT2D eigenvalue weighted by atomic mass is 17.2. The van der Waals surface area contributed by atoms with Crippen molar-refractivity contribution in [2.75, 3.05) is 0 Å². The van der Waals surface area contributed by atoms with Crippen molar-refractivity contribution < 1.29 is 19.7 Å². The van der Waals surface area contributed by atoms with Crippen molar-refractivity contribution >= 4 is 5.97 Å². The minimum atomic E-state index is -1.31. The molecule has 0 bridgehead atoms. The zero-order valence-corrected chi connectivity index (χ0v) is 9.99. The normalized spacial score (nSPS) is 13.1. The Morgan fingerprint density at radius 1 is 1.20 bits per heavy atom. The first kappa shape index (κ1) is 14.0. The van der Waals surface area contributed by atoms with Crippen LogP contribution in [0.25, 0.3) is 0 Å². The first-order valence-corrected chi connectivity index (χ1v) is 4.84. The van der Waals surface area contributed by atoms with Crippen LogP contribution in [0.3, 0.4) is 0 Å². The number of carbonyl (C=O) groups is 1. The Balaban J connectivity index is 3.99. The monoisotopic (exact) mass is 215 g/mol. The molecule has 0 fully saturated rings. The molecule has 0 spiro atoms. The Morgan fingerprint density at radius 2 is 1.73 bits per heavy atom. The summed E-state index contributed by atoms with van der Waals surface area (Å²) in [6, 6.07) is 0. The lowest BCUT2D eigenvalue weighted by Gasteiger charge is -2.30. The summed E-state index contributed by atoms with van der Waals surface area (Å²) >= 11 is 0. The van der Waals surface area contributed by atoms with E-state index in [-0.39, 0.29) is 5.41 Å². The third kappa shape index (κ3) is 9.28. The molecule has 0 N–H and O–H groups in total. The van der Waals surface area contributed by atoms with E-state index in [1.54, 1.807) is 0 Å². The smallest absolute Gasteiger partial charge is 0.345 e. The van der Waals surface area contributed by atoms with Crippen LogP contribution in [0, 0.1) is 5.41 Å². The van der Waals surface area contributed by atoms with Gasteiger partial charge in [0.25, 0.3) is 0 Å². The van der Waals surface area contributed by atoms with Crippen molar-refractivity contribution in [1.29, 1.82) is 0 Å². The maximum Gasteiger partial charge on any atom is 0.382 e. The molecule has 0 aromatic rings. The van der Waals surface area contributed by atoms with Gasteiger partial charge in [-0.2, -0.15) is 4.89 Å². The molecule has 0 atom stereocenters. The number of hydrogen-bond donors (Lipinski definition) is 0. The Bertz CT molecular complexity index is 235. The quantitative estimate of drug-likeness (QED) is 0.306. The molecular formula is C11H19O4. The summed E-state index contributed by atoms with van der Waals surface area (Å²) in [5, 5.41) is 10.0. The maximum atomic E-state index is 10.0. The average Bonchev–Trinajstić information content (AvgIpc) is 1.93. The van der Waals surface area contributed by atoms with E-state index >= 15 is 0 Å². The fourth-order valence-electron chi connectivity index (χ4n) is 1.55. The van der Waals surface area contributed by atoms with Crippen molar-refractivity contribution in [2.45, 2.75) is 46.6 Å². The first-order chi connectivity index (χ1) is 6.62. The summed E-state index contributed by atoms with van der Waals surface area (Å²) in [6.07, 6.45) is 2.52. The van der Waals surface area contributed by atoms with Gasteiger partial charge in [-0.15, -0.1) is 0 Å². The van der Waals surface area contributed by atoms with Crippen LogP contribution in [-0.4, -0.2) is 11.6 Å². The second-order valence-electron chi connectivity index (χ2n) is 5.30. The van der Waals surface area contributed by atoms with Crippen molar-refractivity contribution in [2.24, 2.45) is 5.41 Å². The van der Waals surface area contributed by atoms with Gasteiger partial charge < -0.3 is 4.89 Å². The molecule has 0 aliphatic rings. The van der Waals surface area contributed by atoms with Crippen LogP contribution in [0.5, 0.6) is 0 Å². The summed E-state index contributed by atoms with van der Waals surface area (Å²) in [5.41, 5.74) is -0.348. The standard InChI is InChI=1S/C11H19O4/c1-10(2,3)8-11(4,5)15-14-7-6-9(12)13/h6-7H,8H2,1-5H3. The van der Waals surface area contributed by atoms with Gasteiger partial charge in [0.05, 0.1) is 6.08 Å². The molecule has 0 saturated heterocycles. The number of rotatable bonds is 5. The highest BCUT2D eigenvalue weighted by Crippen LogP contribution is 2.29. The minimum Gasteiger partial charge on any atom is -0.345 e. The molecule has 15 heavy (non-hydrogen) atoms. The molecule has 0 unspecified atom stereocenters. The molecular weight excluding hydrogens is 196 g/mol. The van der Waals surface area contributed by atoms with E-state index in [1.807, 2.05) is 13.8 Å². The SMILES string of the molecule is CC(C)(C)CC(C)(C)OOC=CC([O])=O. The lowest BCUT2D eigenvalue weighted by atomic mass is 9.84. The van der Waals surface area contributed by atoms with Gasteiger partial charge in [0.15, 0.2) is 0 Å². The Morgan fingerprint density at radius 3 is 2.13 bits per heavy atom. The van der Waals surface area contributed by atoms with Crippen LogP contribution in [-0.2, 0) is 19.7 Å². The number of carbonyl (C=O) groups excluding carboxylic acids is 1. The fourth-order valence-corrected chi connectivity index (χ4v) is 1.55. The largest absolute Gasteiger partial charge is 0.382 e. The molecule has 4 heteroatoms. The fraction of sp³-hybridized carbons (Fsp3) is 0.727. The van der Waals surface area contributed by atoms with Crippen molar-refractivity contribution in [1.82, 2.24) is 0 Å². The molecule has 4 nitrogen and oxygen atoms in total. The van der Waals surface area contributed by atoms with E-state index in [1.165, 1.54) is 0 Å². The molecule has 0 aromatic carbocycles. The predicted molar refractivity (Wildman–Crippen MR) is 55.2 cm³/mol. The Labute approximate surface area is 90.8 Å². The molecule has 0 aliphatic carbocycles. The molecule has 0 heterocycles. The average molecular weight is 215 g/mol. The molecule has 0 aromatic heterocycles. The third-order valence-corrected chi connectivity index (χ3v) is 1.49. The van der Waals surface area contributed by atoms with Gasteiger partial charge in [-0.1, -0.05) is 20.8 Å². The van der Waals surface area contributed by atoms with Crippen LogP contribution in [0.1, 0.15) is 41.0 Å². The predicted octanol–water partition coefficient (Wildman–Crippen LogP) is 2.62. The van der Waals surface area contributed by atoms with Crippen LogP contribution in [0.2, 0.25) is 0 Å². The zero-order valence-electron chi connectivity index (χ0n) is 9.99. The Hall–Kier alpha value is -1.03. The summed E-state index contributed by atoms with van der Waals surface area (Å²) in [6.45, 7) is 10.0. The van der Waals surface area contributed by atoms with Crippen LogP contribution < -0.4 is 0 Å². The van der Waals surface area contributed by atoms with E-state index in [0.717, 1.165) is 18.8 Å². The van der Waals surface area contributed by atoms with Crippen LogP contribution >= 0.6 is 0 Å². The molecule has 0 aliphatic heterocycles. The summed E-state index contributed by atoms with van der Waals surface area (Å²) in [7, 11) is 0. The Kier molecular flexibility index (Phi) is 4.81.